The molecule has 0 bridgehead atoms. The highest BCUT2D eigenvalue weighted by Crippen LogP contribution is 2.25. The molecule has 0 aliphatic rings. The number of hydrogen-bond acceptors (Lipinski definition) is 5. The zero-order valence-electron chi connectivity index (χ0n) is 18.4. The summed E-state index contributed by atoms with van der Waals surface area (Å²) >= 11 is 6.04. The molecular formula is C25H23ClN2O5S. The molecule has 0 aliphatic carbocycles. The molecule has 0 saturated heterocycles. The Morgan fingerprint density at radius 3 is 2.47 bits per heavy atom. The quantitative estimate of drug-likeness (QED) is 0.337. The van der Waals surface area contributed by atoms with Gasteiger partial charge in [-0.2, -0.15) is 0 Å². The van der Waals surface area contributed by atoms with Crippen LogP contribution in [0.4, 0.5) is 11.4 Å². The topological polar surface area (TPSA) is 92.8 Å². The molecule has 0 unspecified atom stereocenters. The van der Waals surface area contributed by atoms with Gasteiger partial charge in [0.05, 0.1) is 22.7 Å². The van der Waals surface area contributed by atoms with Gasteiger partial charge in [-0.15, -0.1) is 6.58 Å². The lowest BCUT2D eigenvalue weighted by atomic mass is 10.2. The standard InChI is InChI=1S/C25H23ClN2O5S/c1-3-15-28(20-10-5-4-6-11-20)34(31,32)21-12-7-9-19(16-21)25(30)33-17-24(29)27-23-14-8-13-22(26)18(23)2/h3-14,16H,1,15,17H2,2H3,(H,27,29). The average molecular weight is 499 g/mol. The molecule has 3 rings (SSSR count). The summed E-state index contributed by atoms with van der Waals surface area (Å²) in [5.74, 6) is -1.38. The van der Waals surface area contributed by atoms with Crippen LogP contribution in [-0.2, 0) is 19.6 Å². The molecule has 0 atom stereocenters. The van der Waals surface area contributed by atoms with Crippen LogP contribution in [0.5, 0.6) is 0 Å². The predicted molar refractivity (Wildman–Crippen MR) is 133 cm³/mol. The minimum Gasteiger partial charge on any atom is -0.452 e. The average Bonchev–Trinajstić information content (AvgIpc) is 2.84. The maximum absolute atomic E-state index is 13.3. The van der Waals surface area contributed by atoms with Crippen LogP contribution in [0, 0.1) is 6.92 Å². The fourth-order valence-electron chi connectivity index (χ4n) is 3.11. The van der Waals surface area contributed by atoms with Crippen LogP contribution < -0.4 is 9.62 Å². The first-order chi connectivity index (χ1) is 16.2. The van der Waals surface area contributed by atoms with E-state index in [4.69, 9.17) is 16.3 Å². The van der Waals surface area contributed by atoms with Crippen molar-refractivity contribution in [1.29, 1.82) is 0 Å². The first-order valence-electron chi connectivity index (χ1n) is 10.2. The third kappa shape index (κ3) is 5.84. The maximum Gasteiger partial charge on any atom is 0.338 e. The Bertz CT molecular complexity index is 1310. The van der Waals surface area contributed by atoms with Gasteiger partial charge in [-0.1, -0.05) is 48.0 Å². The Balaban J connectivity index is 1.73. The molecule has 0 heterocycles. The number of rotatable bonds is 9. The van der Waals surface area contributed by atoms with Crippen LogP contribution in [0.1, 0.15) is 15.9 Å². The summed E-state index contributed by atoms with van der Waals surface area (Å²) in [6, 6.07) is 19.1. The second-order valence-corrected chi connectivity index (χ2v) is 9.49. The Kier molecular flexibility index (Phi) is 8.09. The highest BCUT2D eigenvalue weighted by Gasteiger charge is 2.25. The Labute approximate surface area is 203 Å². The van der Waals surface area contributed by atoms with Crippen molar-refractivity contribution in [1.82, 2.24) is 0 Å². The molecule has 0 spiro atoms. The second kappa shape index (κ2) is 11.0. The van der Waals surface area contributed by atoms with E-state index in [1.54, 1.807) is 55.5 Å². The van der Waals surface area contributed by atoms with E-state index >= 15 is 0 Å². The monoisotopic (exact) mass is 498 g/mol. The predicted octanol–water partition coefficient (Wildman–Crippen LogP) is 4.83. The summed E-state index contributed by atoms with van der Waals surface area (Å²) in [5.41, 5.74) is 1.65. The van der Waals surface area contributed by atoms with Crippen LogP contribution in [0.15, 0.2) is 90.3 Å². The molecule has 3 aromatic carbocycles. The SMILES string of the molecule is C=CCN(c1ccccc1)S(=O)(=O)c1cccc(C(=O)OCC(=O)Nc2cccc(Cl)c2C)c1. The number of anilines is 2. The maximum atomic E-state index is 13.3. The highest BCUT2D eigenvalue weighted by molar-refractivity contribution is 7.92. The smallest absolute Gasteiger partial charge is 0.338 e. The lowest BCUT2D eigenvalue weighted by molar-refractivity contribution is -0.119. The lowest BCUT2D eigenvalue weighted by Gasteiger charge is -2.23. The highest BCUT2D eigenvalue weighted by atomic mass is 35.5. The molecule has 34 heavy (non-hydrogen) atoms. The van der Waals surface area contributed by atoms with Crippen molar-refractivity contribution in [3.05, 3.63) is 102 Å². The molecule has 3 aromatic rings. The Hall–Kier alpha value is -3.62. The van der Waals surface area contributed by atoms with Crippen molar-refractivity contribution < 1.29 is 22.7 Å². The summed E-state index contributed by atoms with van der Waals surface area (Å²) in [5, 5.41) is 3.12. The van der Waals surface area contributed by atoms with Crippen molar-refractivity contribution in [3.8, 4) is 0 Å². The second-order valence-electron chi connectivity index (χ2n) is 7.22. The fourth-order valence-corrected chi connectivity index (χ4v) is 4.76. The van der Waals surface area contributed by atoms with Gasteiger partial charge in [0.2, 0.25) is 0 Å². The molecule has 9 heteroatoms. The van der Waals surface area contributed by atoms with Crippen LogP contribution >= 0.6 is 11.6 Å². The largest absolute Gasteiger partial charge is 0.452 e. The number of benzene rings is 3. The van der Waals surface area contributed by atoms with Crippen molar-refractivity contribution in [3.63, 3.8) is 0 Å². The number of hydrogen-bond donors (Lipinski definition) is 1. The van der Waals surface area contributed by atoms with Crippen molar-refractivity contribution in [2.24, 2.45) is 0 Å². The number of amides is 1. The molecule has 0 radical (unpaired) electrons. The van der Waals surface area contributed by atoms with Crippen LogP contribution in [0.3, 0.4) is 0 Å². The molecule has 1 amide bonds. The third-order valence-electron chi connectivity index (χ3n) is 4.87. The number of carbonyl (C=O) groups is 2. The number of esters is 1. The molecule has 0 aliphatic heterocycles. The summed E-state index contributed by atoms with van der Waals surface area (Å²) in [7, 11) is -3.99. The van der Waals surface area contributed by atoms with Gasteiger partial charge in [0.25, 0.3) is 15.9 Å². The van der Waals surface area contributed by atoms with Crippen LogP contribution in [0.25, 0.3) is 0 Å². The van der Waals surface area contributed by atoms with Gasteiger partial charge in [-0.3, -0.25) is 9.10 Å². The summed E-state index contributed by atoms with van der Waals surface area (Å²) < 4.78 is 32.8. The molecule has 1 N–H and O–H groups in total. The molecule has 0 fully saturated rings. The third-order valence-corrected chi connectivity index (χ3v) is 7.07. The normalized spacial score (nSPS) is 10.9. The van der Waals surface area contributed by atoms with Crippen molar-refractivity contribution in [2.45, 2.75) is 11.8 Å². The van der Waals surface area contributed by atoms with E-state index in [0.717, 1.165) is 0 Å². The molecule has 7 nitrogen and oxygen atoms in total. The first kappa shape index (κ1) is 25.0. The van der Waals surface area contributed by atoms with E-state index in [0.29, 0.717) is 22.0 Å². The van der Waals surface area contributed by atoms with Crippen molar-refractivity contribution in [2.75, 3.05) is 22.8 Å². The lowest BCUT2D eigenvalue weighted by Crippen LogP contribution is -2.31. The number of nitrogens with zero attached hydrogens (tertiary/aromatic N) is 1. The summed E-state index contributed by atoms with van der Waals surface area (Å²) in [6.45, 7) is 4.88. The van der Waals surface area contributed by atoms with E-state index in [9.17, 15) is 18.0 Å². The molecule has 0 aromatic heterocycles. The Morgan fingerprint density at radius 2 is 1.76 bits per heavy atom. The van der Waals surface area contributed by atoms with Gasteiger partial charge >= 0.3 is 5.97 Å². The number of ether oxygens (including phenoxy) is 1. The van der Waals surface area contributed by atoms with Gasteiger partial charge in [0, 0.05) is 10.7 Å². The zero-order valence-corrected chi connectivity index (χ0v) is 20.0. The molecule has 176 valence electrons. The van der Waals surface area contributed by atoms with E-state index in [1.165, 1.54) is 34.6 Å². The number of sulfonamides is 1. The first-order valence-corrected chi connectivity index (χ1v) is 12.1. The number of para-hydroxylation sites is 1. The van der Waals surface area contributed by atoms with E-state index in [2.05, 4.69) is 11.9 Å². The minimum absolute atomic E-state index is 0.000532. The van der Waals surface area contributed by atoms with Gasteiger partial charge in [-0.25, -0.2) is 13.2 Å². The molecule has 0 saturated carbocycles. The van der Waals surface area contributed by atoms with E-state index in [-0.39, 0.29) is 17.0 Å². The van der Waals surface area contributed by atoms with Gasteiger partial charge in [0.1, 0.15) is 0 Å². The minimum atomic E-state index is -3.99. The number of halogens is 1. The fraction of sp³-hybridized carbons (Fsp3) is 0.120. The van der Waals surface area contributed by atoms with E-state index in [1.807, 2.05) is 0 Å². The zero-order chi connectivity index (χ0) is 24.7. The van der Waals surface area contributed by atoms with Gasteiger partial charge in [-0.05, 0) is 55.0 Å². The van der Waals surface area contributed by atoms with E-state index < -0.39 is 28.5 Å². The van der Waals surface area contributed by atoms with Crippen molar-refractivity contribution >= 4 is 44.9 Å². The summed E-state index contributed by atoms with van der Waals surface area (Å²) in [4.78, 5) is 24.6. The Morgan fingerprint density at radius 1 is 1.06 bits per heavy atom. The number of carbonyl (C=O) groups excluding carboxylic acids is 2. The van der Waals surface area contributed by atoms with Crippen LogP contribution in [0.2, 0.25) is 5.02 Å². The van der Waals surface area contributed by atoms with Crippen LogP contribution in [-0.4, -0.2) is 33.4 Å². The number of nitrogens with one attached hydrogen (secondary N) is 1. The van der Waals surface area contributed by atoms with Gasteiger partial charge in [0.15, 0.2) is 6.61 Å². The summed E-state index contributed by atoms with van der Waals surface area (Å²) in [6.07, 6.45) is 1.48. The molecular weight excluding hydrogens is 476 g/mol. The van der Waals surface area contributed by atoms with Gasteiger partial charge < -0.3 is 10.1 Å².